The van der Waals surface area contributed by atoms with E-state index < -0.39 is 45.2 Å². The Morgan fingerprint density at radius 2 is 1.76 bits per heavy atom. The molecule has 2 N–H and O–H groups in total. The van der Waals surface area contributed by atoms with E-state index in [0.29, 0.717) is 0 Å². The minimum absolute atomic E-state index is 0.0140. The van der Waals surface area contributed by atoms with Crippen LogP contribution < -0.4 is 10.9 Å². The monoisotopic (exact) mass is 483 g/mol. The zero-order valence-corrected chi connectivity index (χ0v) is 18.2. The second kappa shape index (κ2) is 9.22. The standard InChI is InChI=1S/C21H20F3N3O5S/c1-33(31,32)17-7-5-14(6-8-17)19(29)25-26-20(30)15-10-18(28)27(12-15)11-13-3-2-4-16(9-13)21(22,23)24/h2-9,15H,10-12H2,1H3,(H,25,29)(H,26,30). The quantitative estimate of drug-likeness (QED) is 0.631. The van der Waals surface area contributed by atoms with Gasteiger partial charge in [-0.25, -0.2) is 8.42 Å². The fourth-order valence-corrected chi connectivity index (χ4v) is 3.94. The Morgan fingerprint density at radius 1 is 1.09 bits per heavy atom. The zero-order chi connectivity index (χ0) is 24.4. The van der Waals surface area contributed by atoms with Crippen molar-refractivity contribution in [1.29, 1.82) is 0 Å². The van der Waals surface area contributed by atoms with Crippen molar-refractivity contribution in [3.8, 4) is 0 Å². The van der Waals surface area contributed by atoms with Gasteiger partial charge < -0.3 is 4.90 Å². The van der Waals surface area contributed by atoms with Gasteiger partial charge in [-0.3, -0.25) is 25.2 Å². The molecule has 0 spiro atoms. The number of carbonyl (C=O) groups is 3. The van der Waals surface area contributed by atoms with Crippen LogP contribution in [0.5, 0.6) is 0 Å². The maximum Gasteiger partial charge on any atom is 0.416 e. The molecule has 12 heteroatoms. The first-order valence-corrected chi connectivity index (χ1v) is 11.6. The van der Waals surface area contributed by atoms with Gasteiger partial charge in [0.25, 0.3) is 5.91 Å². The molecule has 1 fully saturated rings. The van der Waals surface area contributed by atoms with Gasteiger partial charge in [0.15, 0.2) is 9.84 Å². The second-order valence-electron chi connectivity index (χ2n) is 7.61. The molecule has 176 valence electrons. The van der Waals surface area contributed by atoms with Crippen molar-refractivity contribution < 1.29 is 36.0 Å². The van der Waals surface area contributed by atoms with Crippen LogP contribution in [0.2, 0.25) is 0 Å². The molecule has 0 aliphatic carbocycles. The van der Waals surface area contributed by atoms with Crippen LogP contribution in [0.25, 0.3) is 0 Å². The Hall–Kier alpha value is -3.41. The third-order valence-corrected chi connectivity index (χ3v) is 6.19. The molecule has 1 atom stereocenters. The molecule has 0 radical (unpaired) electrons. The first-order chi connectivity index (χ1) is 15.3. The molecular weight excluding hydrogens is 463 g/mol. The summed E-state index contributed by atoms with van der Waals surface area (Å²) in [6, 6.07) is 9.69. The van der Waals surface area contributed by atoms with Crippen LogP contribution in [0.4, 0.5) is 13.2 Å². The van der Waals surface area contributed by atoms with Crippen molar-refractivity contribution in [2.24, 2.45) is 5.92 Å². The summed E-state index contributed by atoms with van der Waals surface area (Å²) in [4.78, 5) is 38.1. The number of hydrogen-bond donors (Lipinski definition) is 2. The fraction of sp³-hybridized carbons (Fsp3) is 0.286. The average molecular weight is 483 g/mol. The largest absolute Gasteiger partial charge is 0.416 e. The summed E-state index contributed by atoms with van der Waals surface area (Å²) in [5.41, 5.74) is 3.98. The molecule has 1 saturated heterocycles. The molecule has 8 nitrogen and oxygen atoms in total. The highest BCUT2D eigenvalue weighted by Crippen LogP contribution is 2.30. The summed E-state index contributed by atoms with van der Waals surface area (Å²) in [6.07, 6.45) is -3.62. The Bertz CT molecular complexity index is 1180. The van der Waals surface area contributed by atoms with Crippen LogP contribution in [0.1, 0.15) is 27.9 Å². The summed E-state index contributed by atoms with van der Waals surface area (Å²) >= 11 is 0. The van der Waals surface area contributed by atoms with Crippen molar-refractivity contribution in [3.63, 3.8) is 0 Å². The molecule has 0 bridgehead atoms. The van der Waals surface area contributed by atoms with Gasteiger partial charge in [0.05, 0.1) is 16.4 Å². The van der Waals surface area contributed by atoms with E-state index in [1.165, 1.54) is 41.3 Å². The third-order valence-electron chi connectivity index (χ3n) is 5.06. The minimum atomic E-state index is -4.50. The van der Waals surface area contributed by atoms with Crippen LogP contribution in [0.15, 0.2) is 53.4 Å². The van der Waals surface area contributed by atoms with Crippen LogP contribution >= 0.6 is 0 Å². The van der Waals surface area contributed by atoms with Gasteiger partial charge in [0, 0.05) is 31.3 Å². The maximum atomic E-state index is 12.9. The van der Waals surface area contributed by atoms with Crippen LogP contribution in [-0.2, 0) is 32.1 Å². The van der Waals surface area contributed by atoms with Crippen molar-refractivity contribution in [2.45, 2.75) is 24.0 Å². The molecule has 0 aromatic heterocycles. The fourth-order valence-electron chi connectivity index (χ4n) is 3.31. The lowest BCUT2D eigenvalue weighted by atomic mass is 10.1. The highest BCUT2D eigenvalue weighted by molar-refractivity contribution is 7.90. The van der Waals surface area contributed by atoms with Gasteiger partial charge >= 0.3 is 6.18 Å². The first-order valence-electron chi connectivity index (χ1n) is 9.69. The number of rotatable bonds is 5. The van der Waals surface area contributed by atoms with E-state index in [1.807, 2.05) is 0 Å². The molecule has 1 aliphatic heterocycles. The number of nitrogens with one attached hydrogen (secondary N) is 2. The van der Waals surface area contributed by atoms with Gasteiger partial charge in [-0.2, -0.15) is 13.2 Å². The molecule has 0 saturated carbocycles. The number of hydrazine groups is 1. The lowest BCUT2D eigenvalue weighted by Gasteiger charge is -2.18. The number of amides is 3. The molecule has 1 heterocycles. The number of sulfone groups is 1. The topological polar surface area (TPSA) is 113 Å². The Kier molecular flexibility index (Phi) is 6.77. The molecular formula is C21H20F3N3O5S. The summed E-state index contributed by atoms with van der Waals surface area (Å²) < 4.78 is 61.6. The van der Waals surface area contributed by atoms with Crippen LogP contribution in [0.3, 0.4) is 0 Å². The van der Waals surface area contributed by atoms with Crippen LogP contribution in [-0.4, -0.2) is 43.8 Å². The number of carbonyl (C=O) groups excluding carboxylic acids is 3. The number of nitrogens with zero attached hydrogens (tertiary/aromatic N) is 1. The molecule has 3 amide bonds. The second-order valence-corrected chi connectivity index (χ2v) is 9.63. The van der Waals surface area contributed by atoms with Crippen molar-refractivity contribution in [1.82, 2.24) is 15.8 Å². The lowest BCUT2D eigenvalue weighted by molar-refractivity contribution is -0.137. The van der Waals surface area contributed by atoms with E-state index in [4.69, 9.17) is 0 Å². The summed E-state index contributed by atoms with van der Waals surface area (Å²) in [5.74, 6) is -2.50. The Labute approximate surface area is 187 Å². The predicted molar refractivity (Wildman–Crippen MR) is 110 cm³/mol. The normalized spacial score (nSPS) is 16.5. The van der Waals surface area contributed by atoms with E-state index in [0.717, 1.165) is 18.4 Å². The summed E-state index contributed by atoms with van der Waals surface area (Å²) in [7, 11) is -3.42. The number of benzene rings is 2. The maximum absolute atomic E-state index is 12.9. The predicted octanol–water partition coefficient (Wildman–Crippen LogP) is 1.92. The van der Waals surface area contributed by atoms with Gasteiger partial charge in [-0.1, -0.05) is 12.1 Å². The van der Waals surface area contributed by atoms with Crippen molar-refractivity contribution in [2.75, 3.05) is 12.8 Å². The molecule has 3 rings (SSSR count). The van der Waals surface area contributed by atoms with E-state index in [9.17, 15) is 36.0 Å². The molecule has 2 aromatic rings. The summed E-state index contributed by atoms with van der Waals surface area (Å²) in [6.45, 7) is -0.0918. The smallest absolute Gasteiger partial charge is 0.338 e. The Balaban J connectivity index is 1.55. The highest BCUT2D eigenvalue weighted by atomic mass is 32.2. The van der Waals surface area contributed by atoms with E-state index in [2.05, 4.69) is 10.9 Å². The SMILES string of the molecule is CS(=O)(=O)c1ccc(C(=O)NNC(=O)C2CC(=O)N(Cc3cccc(C(F)(F)F)c3)C2)cc1. The van der Waals surface area contributed by atoms with E-state index >= 15 is 0 Å². The molecule has 33 heavy (non-hydrogen) atoms. The summed E-state index contributed by atoms with van der Waals surface area (Å²) in [5, 5.41) is 0. The Morgan fingerprint density at radius 3 is 2.36 bits per heavy atom. The van der Waals surface area contributed by atoms with Crippen molar-refractivity contribution in [3.05, 3.63) is 65.2 Å². The first kappa shape index (κ1) is 24.2. The third kappa shape index (κ3) is 6.09. The number of likely N-dealkylation sites (tertiary alicyclic amines) is 1. The van der Waals surface area contributed by atoms with Crippen molar-refractivity contribution >= 4 is 27.6 Å². The molecule has 1 aliphatic rings. The van der Waals surface area contributed by atoms with Gasteiger partial charge in [-0.05, 0) is 42.0 Å². The van der Waals surface area contributed by atoms with E-state index in [1.54, 1.807) is 0 Å². The average Bonchev–Trinajstić information content (AvgIpc) is 3.11. The van der Waals surface area contributed by atoms with Gasteiger partial charge in [0.2, 0.25) is 11.8 Å². The van der Waals surface area contributed by atoms with Crippen LogP contribution in [0, 0.1) is 5.92 Å². The zero-order valence-electron chi connectivity index (χ0n) is 17.3. The highest BCUT2D eigenvalue weighted by Gasteiger charge is 2.35. The lowest BCUT2D eigenvalue weighted by Crippen LogP contribution is -2.45. The molecule has 1 unspecified atom stereocenters. The van der Waals surface area contributed by atoms with Gasteiger partial charge in [-0.15, -0.1) is 0 Å². The number of halogens is 3. The van der Waals surface area contributed by atoms with Gasteiger partial charge in [0.1, 0.15) is 0 Å². The van der Waals surface area contributed by atoms with E-state index in [-0.39, 0.29) is 35.5 Å². The number of hydrogen-bond acceptors (Lipinski definition) is 5. The number of alkyl halides is 3. The molecule has 2 aromatic carbocycles. The minimum Gasteiger partial charge on any atom is -0.338 e.